The number of rotatable bonds is 4. The van der Waals surface area contributed by atoms with Crippen molar-refractivity contribution in [2.45, 2.75) is 24.8 Å². The lowest BCUT2D eigenvalue weighted by molar-refractivity contribution is 0.120. The van der Waals surface area contributed by atoms with Gasteiger partial charge in [-0.25, -0.2) is 0 Å². The standard InChI is InChI=1S/C18H19ClO2/c1-13-11-15(12-20-13)18(19)14-7-9-17(10-8-14)21-16-5-3-2-4-6-16/h2-10,13,15,18H,11-12H2,1H3. The molecule has 2 nitrogen and oxygen atoms in total. The molecule has 1 aliphatic heterocycles. The molecular weight excluding hydrogens is 284 g/mol. The summed E-state index contributed by atoms with van der Waals surface area (Å²) in [5.41, 5.74) is 1.12. The number of para-hydroxylation sites is 1. The van der Waals surface area contributed by atoms with Crippen LogP contribution in [0.4, 0.5) is 0 Å². The van der Waals surface area contributed by atoms with Crippen LogP contribution in [-0.2, 0) is 4.74 Å². The predicted molar refractivity (Wildman–Crippen MR) is 85.1 cm³/mol. The van der Waals surface area contributed by atoms with E-state index in [1.165, 1.54) is 0 Å². The highest BCUT2D eigenvalue weighted by molar-refractivity contribution is 6.21. The molecule has 1 aliphatic rings. The number of alkyl halides is 1. The van der Waals surface area contributed by atoms with Crippen molar-refractivity contribution >= 4 is 11.6 Å². The Bertz CT molecular complexity index is 568. The van der Waals surface area contributed by atoms with E-state index in [1.807, 2.05) is 54.6 Å². The summed E-state index contributed by atoms with van der Waals surface area (Å²) in [4.78, 5) is 0. The van der Waals surface area contributed by atoms with E-state index in [4.69, 9.17) is 21.1 Å². The summed E-state index contributed by atoms with van der Waals surface area (Å²) < 4.78 is 11.4. The van der Waals surface area contributed by atoms with Crippen molar-refractivity contribution in [1.82, 2.24) is 0 Å². The van der Waals surface area contributed by atoms with Gasteiger partial charge >= 0.3 is 0 Å². The van der Waals surface area contributed by atoms with Gasteiger partial charge in [0.1, 0.15) is 11.5 Å². The van der Waals surface area contributed by atoms with E-state index in [2.05, 4.69) is 6.92 Å². The van der Waals surface area contributed by atoms with E-state index in [-0.39, 0.29) is 5.38 Å². The normalized spacial score (nSPS) is 23.0. The molecule has 0 spiro atoms. The third kappa shape index (κ3) is 3.58. The van der Waals surface area contributed by atoms with Crippen molar-refractivity contribution in [2.75, 3.05) is 6.61 Å². The average Bonchev–Trinajstić information content (AvgIpc) is 2.95. The van der Waals surface area contributed by atoms with Crippen LogP contribution >= 0.6 is 11.6 Å². The molecular formula is C18H19ClO2. The van der Waals surface area contributed by atoms with E-state index in [0.29, 0.717) is 12.0 Å². The molecule has 3 rings (SSSR count). The number of hydrogen-bond donors (Lipinski definition) is 0. The highest BCUT2D eigenvalue weighted by Crippen LogP contribution is 2.37. The minimum Gasteiger partial charge on any atom is -0.457 e. The molecule has 0 aromatic heterocycles. The molecule has 3 unspecified atom stereocenters. The van der Waals surface area contributed by atoms with Crippen LogP contribution in [0.1, 0.15) is 24.3 Å². The summed E-state index contributed by atoms with van der Waals surface area (Å²) in [7, 11) is 0. The maximum absolute atomic E-state index is 6.57. The highest BCUT2D eigenvalue weighted by Gasteiger charge is 2.29. The quantitative estimate of drug-likeness (QED) is 0.724. The molecule has 2 aromatic carbocycles. The molecule has 0 saturated carbocycles. The first kappa shape index (κ1) is 14.4. The topological polar surface area (TPSA) is 18.5 Å². The van der Waals surface area contributed by atoms with Crippen LogP contribution in [0.25, 0.3) is 0 Å². The first-order valence-corrected chi connectivity index (χ1v) is 7.74. The van der Waals surface area contributed by atoms with Gasteiger partial charge < -0.3 is 9.47 Å². The summed E-state index contributed by atoms with van der Waals surface area (Å²) in [5, 5.41) is 0.000672. The minimum absolute atomic E-state index is 0.000672. The second kappa shape index (κ2) is 6.50. The highest BCUT2D eigenvalue weighted by atomic mass is 35.5. The van der Waals surface area contributed by atoms with Crippen molar-refractivity contribution in [3.05, 3.63) is 60.2 Å². The molecule has 2 aromatic rings. The van der Waals surface area contributed by atoms with Crippen molar-refractivity contribution in [3.8, 4) is 11.5 Å². The Balaban J connectivity index is 1.66. The van der Waals surface area contributed by atoms with Gasteiger partial charge in [0.2, 0.25) is 0 Å². The Hall–Kier alpha value is -1.51. The molecule has 1 saturated heterocycles. The van der Waals surface area contributed by atoms with Crippen molar-refractivity contribution in [2.24, 2.45) is 5.92 Å². The van der Waals surface area contributed by atoms with Gasteiger partial charge in [-0.1, -0.05) is 30.3 Å². The molecule has 1 fully saturated rings. The first-order valence-electron chi connectivity index (χ1n) is 7.31. The number of ether oxygens (including phenoxy) is 2. The van der Waals surface area contributed by atoms with Gasteiger partial charge in [-0.3, -0.25) is 0 Å². The monoisotopic (exact) mass is 302 g/mol. The van der Waals surface area contributed by atoms with Crippen LogP contribution in [-0.4, -0.2) is 12.7 Å². The molecule has 3 atom stereocenters. The lowest BCUT2D eigenvalue weighted by atomic mass is 9.96. The number of hydrogen-bond acceptors (Lipinski definition) is 2. The summed E-state index contributed by atoms with van der Waals surface area (Å²) in [5.74, 6) is 2.05. The van der Waals surface area contributed by atoms with Crippen LogP contribution in [0.15, 0.2) is 54.6 Å². The lowest BCUT2D eigenvalue weighted by Gasteiger charge is -2.16. The van der Waals surface area contributed by atoms with Gasteiger partial charge in [-0.15, -0.1) is 11.6 Å². The Kier molecular flexibility index (Phi) is 4.47. The van der Waals surface area contributed by atoms with E-state index in [0.717, 1.165) is 30.1 Å². The fourth-order valence-corrected chi connectivity index (χ4v) is 2.99. The zero-order valence-electron chi connectivity index (χ0n) is 12.0. The zero-order chi connectivity index (χ0) is 14.7. The van der Waals surface area contributed by atoms with Gasteiger partial charge in [0, 0.05) is 5.92 Å². The first-order chi connectivity index (χ1) is 10.2. The third-order valence-corrected chi connectivity index (χ3v) is 4.43. The fourth-order valence-electron chi connectivity index (χ4n) is 2.67. The Labute approximate surface area is 130 Å². The summed E-state index contributed by atoms with van der Waals surface area (Å²) in [6, 6.07) is 17.8. The van der Waals surface area contributed by atoms with E-state index < -0.39 is 0 Å². The summed E-state index contributed by atoms with van der Waals surface area (Å²) in [6.07, 6.45) is 1.34. The molecule has 0 amide bonds. The molecule has 1 heterocycles. The molecule has 110 valence electrons. The summed E-state index contributed by atoms with van der Waals surface area (Å²) in [6.45, 7) is 2.85. The van der Waals surface area contributed by atoms with Crippen molar-refractivity contribution < 1.29 is 9.47 Å². The van der Waals surface area contributed by atoms with Gasteiger partial charge in [0.05, 0.1) is 18.1 Å². The third-order valence-electron chi connectivity index (χ3n) is 3.82. The number of halogens is 1. The fraction of sp³-hybridized carbons (Fsp3) is 0.333. The average molecular weight is 303 g/mol. The van der Waals surface area contributed by atoms with E-state index in [1.54, 1.807) is 0 Å². The Morgan fingerprint density at radius 3 is 2.33 bits per heavy atom. The maximum atomic E-state index is 6.57. The largest absolute Gasteiger partial charge is 0.457 e. The summed E-state index contributed by atoms with van der Waals surface area (Å²) >= 11 is 6.57. The van der Waals surface area contributed by atoms with Gasteiger partial charge in [-0.2, -0.15) is 0 Å². The lowest BCUT2D eigenvalue weighted by Crippen LogP contribution is -2.07. The minimum atomic E-state index is 0.000672. The van der Waals surface area contributed by atoms with Crippen LogP contribution < -0.4 is 4.74 Å². The smallest absolute Gasteiger partial charge is 0.127 e. The van der Waals surface area contributed by atoms with Crippen LogP contribution in [0.2, 0.25) is 0 Å². The van der Waals surface area contributed by atoms with E-state index in [9.17, 15) is 0 Å². The Morgan fingerprint density at radius 2 is 1.71 bits per heavy atom. The molecule has 0 N–H and O–H groups in total. The van der Waals surface area contributed by atoms with Crippen molar-refractivity contribution in [1.29, 1.82) is 0 Å². The van der Waals surface area contributed by atoms with Gasteiger partial charge in [0.15, 0.2) is 0 Å². The van der Waals surface area contributed by atoms with Crippen molar-refractivity contribution in [3.63, 3.8) is 0 Å². The second-order valence-electron chi connectivity index (χ2n) is 5.53. The SMILES string of the molecule is CC1CC(C(Cl)c2ccc(Oc3ccccc3)cc2)CO1. The second-order valence-corrected chi connectivity index (χ2v) is 6.00. The zero-order valence-corrected chi connectivity index (χ0v) is 12.8. The maximum Gasteiger partial charge on any atom is 0.127 e. The van der Waals surface area contributed by atoms with Gasteiger partial charge in [0.25, 0.3) is 0 Å². The van der Waals surface area contributed by atoms with E-state index >= 15 is 0 Å². The van der Waals surface area contributed by atoms with Crippen LogP contribution in [0.3, 0.4) is 0 Å². The molecule has 0 radical (unpaired) electrons. The van der Waals surface area contributed by atoms with Gasteiger partial charge in [-0.05, 0) is 43.2 Å². The molecule has 0 aliphatic carbocycles. The predicted octanol–water partition coefficient (Wildman–Crippen LogP) is 5.18. The molecule has 0 bridgehead atoms. The molecule has 21 heavy (non-hydrogen) atoms. The number of benzene rings is 2. The molecule has 3 heteroatoms. The Morgan fingerprint density at radius 1 is 1.05 bits per heavy atom. The van der Waals surface area contributed by atoms with Crippen LogP contribution in [0.5, 0.6) is 11.5 Å². The van der Waals surface area contributed by atoms with Crippen LogP contribution in [0, 0.1) is 5.92 Å².